The van der Waals surface area contributed by atoms with Crippen LogP contribution in [0.5, 0.6) is 0 Å². The summed E-state index contributed by atoms with van der Waals surface area (Å²) >= 11 is 0. The van der Waals surface area contributed by atoms with E-state index in [9.17, 15) is 0 Å². The molecule has 0 aliphatic heterocycles. The van der Waals surface area contributed by atoms with Crippen LogP contribution in [0, 0.1) is 6.92 Å². The summed E-state index contributed by atoms with van der Waals surface area (Å²) in [4.78, 5) is 0. The first-order valence-corrected chi connectivity index (χ1v) is 3.22. The van der Waals surface area contributed by atoms with Crippen LogP contribution in [0.1, 0.15) is 11.3 Å². The van der Waals surface area contributed by atoms with Gasteiger partial charge in [-0.1, -0.05) is 0 Å². The minimum atomic E-state index is 0.641. The van der Waals surface area contributed by atoms with Crippen molar-refractivity contribution in [1.29, 1.82) is 0 Å². The Bertz CT molecular complexity index is 198. The smallest absolute Gasteiger partial charge is 0.0883 e. The highest BCUT2D eigenvalue weighted by molar-refractivity contribution is 5.13. The fourth-order valence-corrected chi connectivity index (χ4v) is 0.917. The highest BCUT2D eigenvalue weighted by Crippen LogP contribution is 2.05. The maximum atomic E-state index is 4.99. The van der Waals surface area contributed by atoms with E-state index in [1.54, 1.807) is 7.11 Å². The minimum Gasteiger partial charge on any atom is -0.378 e. The van der Waals surface area contributed by atoms with Gasteiger partial charge in [-0.3, -0.25) is 4.68 Å². The van der Waals surface area contributed by atoms with E-state index in [0.29, 0.717) is 6.61 Å². The van der Waals surface area contributed by atoms with E-state index < -0.39 is 0 Å². The largest absolute Gasteiger partial charge is 0.378 e. The molecule has 1 aromatic rings. The van der Waals surface area contributed by atoms with Crippen molar-refractivity contribution in [3.63, 3.8) is 0 Å². The summed E-state index contributed by atoms with van der Waals surface area (Å²) in [5, 5.41) is 4.07. The molecule has 56 valence electrons. The highest BCUT2D eigenvalue weighted by Gasteiger charge is 2.01. The van der Waals surface area contributed by atoms with Crippen molar-refractivity contribution < 1.29 is 4.74 Å². The van der Waals surface area contributed by atoms with Crippen molar-refractivity contribution in [1.82, 2.24) is 9.78 Å². The molecule has 1 rings (SSSR count). The molecule has 0 aliphatic carbocycles. The van der Waals surface area contributed by atoms with Crippen LogP contribution >= 0.6 is 0 Å². The van der Waals surface area contributed by atoms with Gasteiger partial charge in [0.05, 0.1) is 18.5 Å². The number of rotatable bonds is 2. The zero-order valence-corrected chi connectivity index (χ0v) is 6.59. The molecule has 0 radical (unpaired) electrons. The predicted molar refractivity (Wildman–Crippen MR) is 38.7 cm³/mol. The molecule has 0 bridgehead atoms. The molecule has 3 heteroatoms. The second kappa shape index (κ2) is 2.84. The highest BCUT2D eigenvalue weighted by atomic mass is 16.5. The molecule has 0 saturated heterocycles. The van der Waals surface area contributed by atoms with E-state index in [1.807, 2.05) is 24.9 Å². The van der Waals surface area contributed by atoms with Crippen LogP contribution in [0.25, 0.3) is 0 Å². The van der Waals surface area contributed by atoms with Gasteiger partial charge < -0.3 is 4.74 Å². The summed E-state index contributed by atoms with van der Waals surface area (Å²) < 4.78 is 6.82. The van der Waals surface area contributed by atoms with E-state index >= 15 is 0 Å². The Labute approximate surface area is 60.6 Å². The number of ether oxygens (including phenoxy) is 1. The second-order valence-electron chi connectivity index (χ2n) is 2.33. The van der Waals surface area contributed by atoms with Gasteiger partial charge in [-0.05, 0) is 12.5 Å². The van der Waals surface area contributed by atoms with Gasteiger partial charge >= 0.3 is 0 Å². The third-order valence-corrected chi connectivity index (χ3v) is 1.55. The molecule has 0 saturated carbocycles. The SMILES string of the molecule is COCc1c(C)cnn1C. The maximum absolute atomic E-state index is 4.99. The lowest BCUT2D eigenvalue weighted by atomic mass is 10.3. The van der Waals surface area contributed by atoms with Gasteiger partial charge in [0, 0.05) is 14.2 Å². The average Bonchev–Trinajstić information content (AvgIpc) is 2.20. The summed E-state index contributed by atoms with van der Waals surface area (Å²) in [5.74, 6) is 0. The van der Waals surface area contributed by atoms with Gasteiger partial charge in [-0.15, -0.1) is 0 Å². The van der Waals surface area contributed by atoms with Crippen LogP contribution < -0.4 is 0 Å². The van der Waals surface area contributed by atoms with Crippen LogP contribution in [0.2, 0.25) is 0 Å². The molecular weight excluding hydrogens is 128 g/mol. The summed E-state index contributed by atoms with van der Waals surface area (Å²) in [6, 6.07) is 0. The minimum absolute atomic E-state index is 0.641. The molecule has 1 heterocycles. The van der Waals surface area contributed by atoms with Crippen LogP contribution in [-0.2, 0) is 18.4 Å². The van der Waals surface area contributed by atoms with Crippen molar-refractivity contribution in [3.8, 4) is 0 Å². The van der Waals surface area contributed by atoms with Gasteiger partial charge in [0.25, 0.3) is 0 Å². The van der Waals surface area contributed by atoms with Crippen LogP contribution in [-0.4, -0.2) is 16.9 Å². The number of hydrogen-bond acceptors (Lipinski definition) is 2. The van der Waals surface area contributed by atoms with Crippen molar-refractivity contribution >= 4 is 0 Å². The summed E-state index contributed by atoms with van der Waals surface area (Å²) in [7, 11) is 3.60. The lowest BCUT2D eigenvalue weighted by molar-refractivity contribution is 0.177. The lowest BCUT2D eigenvalue weighted by Gasteiger charge is -2.00. The van der Waals surface area contributed by atoms with Gasteiger partial charge in [0.2, 0.25) is 0 Å². The van der Waals surface area contributed by atoms with E-state index in [0.717, 1.165) is 5.69 Å². The van der Waals surface area contributed by atoms with Crippen molar-refractivity contribution in [2.75, 3.05) is 7.11 Å². The van der Waals surface area contributed by atoms with Crippen LogP contribution in [0.3, 0.4) is 0 Å². The van der Waals surface area contributed by atoms with Crippen LogP contribution in [0.4, 0.5) is 0 Å². The zero-order valence-electron chi connectivity index (χ0n) is 6.59. The number of methoxy groups -OCH3 is 1. The lowest BCUT2D eigenvalue weighted by Crippen LogP contribution is -2.00. The van der Waals surface area contributed by atoms with Gasteiger partial charge in [-0.2, -0.15) is 5.10 Å². The zero-order chi connectivity index (χ0) is 7.56. The number of aromatic nitrogens is 2. The molecule has 0 atom stereocenters. The quantitative estimate of drug-likeness (QED) is 0.609. The fraction of sp³-hybridized carbons (Fsp3) is 0.571. The monoisotopic (exact) mass is 140 g/mol. The first kappa shape index (κ1) is 7.28. The molecule has 0 aromatic carbocycles. The van der Waals surface area contributed by atoms with Crippen LogP contribution in [0.15, 0.2) is 6.20 Å². The Balaban J connectivity index is 2.87. The number of nitrogens with zero attached hydrogens (tertiary/aromatic N) is 2. The first-order valence-electron chi connectivity index (χ1n) is 3.22. The molecule has 0 spiro atoms. The standard InChI is InChI=1S/C7H12N2O/c1-6-4-8-9(2)7(6)5-10-3/h4H,5H2,1-3H3. The van der Waals surface area contributed by atoms with E-state index in [2.05, 4.69) is 5.10 Å². The number of hydrogen-bond donors (Lipinski definition) is 0. The molecule has 0 fully saturated rings. The Morgan fingerprint density at radius 3 is 2.80 bits per heavy atom. The number of aryl methyl sites for hydroxylation is 2. The molecule has 1 aromatic heterocycles. The Hall–Kier alpha value is -0.830. The van der Waals surface area contributed by atoms with Gasteiger partial charge in [0.1, 0.15) is 0 Å². The molecule has 0 unspecified atom stereocenters. The summed E-state index contributed by atoms with van der Waals surface area (Å²) in [5.41, 5.74) is 2.33. The molecule has 10 heavy (non-hydrogen) atoms. The first-order chi connectivity index (χ1) is 4.75. The molecule has 3 nitrogen and oxygen atoms in total. The van der Waals surface area contributed by atoms with Crippen molar-refractivity contribution in [2.45, 2.75) is 13.5 Å². The topological polar surface area (TPSA) is 27.1 Å². The summed E-state index contributed by atoms with van der Waals surface area (Å²) in [6.45, 7) is 2.67. The van der Waals surface area contributed by atoms with E-state index in [4.69, 9.17) is 4.74 Å². The normalized spacial score (nSPS) is 10.3. The molecule has 0 N–H and O–H groups in total. The maximum Gasteiger partial charge on any atom is 0.0883 e. The van der Waals surface area contributed by atoms with Gasteiger partial charge in [-0.25, -0.2) is 0 Å². The Morgan fingerprint density at radius 2 is 2.40 bits per heavy atom. The molecule has 0 aliphatic rings. The van der Waals surface area contributed by atoms with Crippen molar-refractivity contribution in [3.05, 3.63) is 17.5 Å². The fourth-order valence-electron chi connectivity index (χ4n) is 0.917. The van der Waals surface area contributed by atoms with Gasteiger partial charge in [0.15, 0.2) is 0 Å². The Morgan fingerprint density at radius 1 is 1.70 bits per heavy atom. The predicted octanol–water partition coefficient (Wildman–Crippen LogP) is 0.875. The van der Waals surface area contributed by atoms with E-state index in [1.165, 1.54) is 5.56 Å². The molecule has 0 amide bonds. The summed E-state index contributed by atoms with van der Waals surface area (Å²) in [6.07, 6.45) is 1.84. The van der Waals surface area contributed by atoms with Crippen molar-refractivity contribution in [2.24, 2.45) is 7.05 Å². The molecular formula is C7H12N2O. The third kappa shape index (κ3) is 1.19. The van der Waals surface area contributed by atoms with E-state index in [-0.39, 0.29) is 0 Å². The third-order valence-electron chi connectivity index (χ3n) is 1.55. The second-order valence-corrected chi connectivity index (χ2v) is 2.33. The average molecular weight is 140 g/mol. The Kier molecular flexibility index (Phi) is 2.06.